The average Bonchev–Trinajstić information content (AvgIpc) is 2.97. The van der Waals surface area contributed by atoms with Gasteiger partial charge in [0.05, 0.1) is 11.6 Å². The molecule has 21 heavy (non-hydrogen) atoms. The molecule has 1 atom stereocenters. The molecule has 1 N–H and O–H groups in total. The van der Waals surface area contributed by atoms with Gasteiger partial charge in [-0.15, -0.1) is 11.3 Å². The molecule has 0 saturated carbocycles. The first-order valence-corrected chi connectivity index (χ1v) is 7.91. The third kappa shape index (κ3) is 2.88. The number of nitrogens with one attached hydrogen (secondary N) is 1. The SMILES string of the molecule is CCc1cnc(C(C)Nc2ncnc3ccc(C)cc23)s1. The van der Waals surface area contributed by atoms with Crippen LogP contribution in [-0.2, 0) is 6.42 Å². The van der Waals surface area contributed by atoms with E-state index in [0.29, 0.717) is 0 Å². The minimum atomic E-state index is 0.133. The molecule has 0 bridgehead atoms. The summed E-state index contributed by atoms with van der Waals surface area (Å²) in [5.74, 6) is 0.865. The summed E-state index contributed by atoms with van der Waals surface area (Å²) in [5.41, 5.74) is 2.16. The number of fused-ring (bicyclic) bond motifs is 1. The van der Waals surface area contributed by atoms with E-state index in [1.54, 1.807) is 17.7 Å². The molecule has 0 aliphatic rings. The second-order valence-corrected chi connectivity index (χ2v) is 6.27. The van der Waals surface area contributed by atoms with E-state index in [1.807, 2.05) is 12.3 Å². The van der Waals surface area contributed by atoms with Crippen LogP contribution in [0.15, 0.2) is 30.7 Å². The molecule has 0 fully saturated rings. The van der Waals surface area contributed by atoms with E-state index in [9.17, 15) is 0 Å². The number of anilines is 1. The first kappa shape index (κ1) is 13.9. The summed E-state index contributed by atoms with van der Waals surface area (Å²) < 4.78 is 0. The maximum atomic E-state index is 4.49. The molecule has 3 rings (SSSR count). The fourth-order valence-corrected chi connectivity index (χ4v) is 3.10. The van der Waals surface area contributed by atoms with Crippen LogP contribution in [0.25, 0.3) is 10.9 Å². The van der Waals surface area contributed by atoms with Crippen molar-refractivity contribution in [2.24, 2.45) is 0 Å². The van der Waals surface area contributed by atoms with E-state index in [4.69, 9.17) is 0 Å². The van der Waals surface area contributed by atoms with Crippen LogP contribution < -0.4 is 5.32 Å². The van der Waals surface area contributed by atoms with Crippen molar-refractivity contribution in [3.63, 3.8) is 0 Å². The Morgan fingerprint density at radius 1 is 1.24 bits per heavy atom. The number of rotatable bonds is 4. The van der Waals surface area contributed by atoms with Crippen molar-refractivity contribution in [1.82, 2.24) is 15.0 Å². The summed E-state index contributed by atoms with van der Waals surface area (Å²) in [6, 6.07) is 6.34. The number of hydrogen-bond donors (Lipinski definition) is 1. The number of nitrogens with zero attached hydrogens (tertiary/aromatic N) is 3. The van der Waals surface area contributed by atoms with Gasteiger partial charge < -0.3 is 5.32 Å². The van der Waals surface area contributed by atoms with Crippen LogP contribution in [-0.4, -0.2) is 15.0 Å². The van der Waals surface area contributed by atoms with Crippen LogP contribution >= 0.6 is 11.3 Å². The highest BCUT2D eigenvalue weighted by Crippen LogP contribution is 2.27. The molecule has 0 spiro atoms. The summed E-state index contributed by atoms with van der Waals surface area (Å²) in [6.07, 6.45) is 4.59. The van der Waals surface area contributed by atoms with E-state index in [2.05, 4.69) is 53.2 Å². The lowest BCUT2D eigenvalue weighted by Crippen LogP contribution is -2.08. The zero-order valence-corrected chi connectivity index (χ0v) is 13.2. The number of aryl methyl sites for hydroxylation is 2. The molecule has 4 nitrogen and oxygen atoms in total. The standard InChI is InChI=1S/C16H18N4S/c1-4-12-8-17-16(21-12)11(3)20-15-13-7-10(2)5-6-14(13)18-9-19-15/h5-9,11H,4H2,1-3H3,(H,18,19,20). The van der Waals surface area contributed by atoms with Crippen molar-refractivity contribution in [1.29, 1.82) is 0 Å². The van der Waals surface area contributed by atoms with Crippen LogP contribution in [0.1, 0.15) is 35.3 Å². The first-order chi connectivity index (χ1) is 10.2. The summed E-state index contributed by atoms with van der Waals surface area (Å²) in [6.45, 7) is 6.34. The molecule has 108 valence electrons. The Morgan fingerprint density at radius 2 is 2.10 bits per heavy atom. The zero-order chi connectivity index (χ0) is 14.8. The highest BCUT2D eigenvalue weighted by molar-refractivity contribution is 7.11. The quantitative estimate of drug-likeness (QED) is 0.787. The van der Waals surface area contributed by atoms with Gasteiger partial charge in [0.15, 0.2) is 0 Å². The summed E-state index contributed by atoms with van der Waals surface area (Å²) in [4.78, 5) is 14.5. The molecule has 1 unspecified atom stereocenters. The normalized spacial score (nSPS) is 12.5. The molecular weight excluding hydrogens is 280 g/mol. The van der Waals surface area contributed by atoms with Crippen LogP contribution in [0.2, 0.25) is 0 Å². The number of aromatic nitrogens is 3. The molecule has 5 heteroatoms. The molecule has 0 aliphatic carbocycles. The van der Waals surface area contributed by atoms with E-state index in [-0.39, 0.29) is 6.04 Å². The van der Waals surface area contributed by atoms with Crippen molar-refractivity contribution < 1.29 is 0 Å². The lowest BCUT2D eigenvalue weighted by atomic mass is 10.1. The molecule has 0 amide bonds. The maximum Gasteiger partial charge on any atom is 0.137 e. The predicted octanol–water partition coefficient (Wildman–Crippen LogP) is 4.13. The van der Waals surface area contributed by atoms with Gasteiger partial charge >= 0.3 is 0 Å². The Balaban J connectivity index is 1.92. The Hall–Kier alpha value is -2.01. The molecule has 1 aromatic carbocycles. The van der Waals surface area contributed by atoms with Crippen LogP contribution in [0, 0.1) is 6.92 Å². The lowest BCUT2D eigenvalue weighted by Gasteiger charge is -2.13. The van der Waals surface area contributed by atoms with Crippen molar-refractivity contribution in [3.05, 3.63) is 46.2 Å². The Labute approximate surface area is 128 Å². The van der Waals surface area contributed by atoms with E-state index in [1.165, 1.54) is 10.4 Å². The van der Waals surface area contributed by atoms with Crippen molar-refractivity contribution in [3.8, 4) is 0 Å². The minimum Gasteiger partial charge on any atom is -0.360 e. The highest BCUT2D eigenvalue weighted by atomic mass is 32.1. The third-order valence-electron chi connectivity index (χ3n) is 3.43. The minimum absolute atomic E-state index is 0.133. The molecule has 0 radical (unpaired) electrons. The smallest absolute Gasteiger partial charge is 0.137 e. The van der Waals surface area contributed by atoms with Gasteiger partial charge in [-0.05, 0) is 32.4 Å². The third-order valence-corrected chi connectivity index (χ3v) is 4.76. The van der Waals surface area contributed by atoms with Gasteiger partial charge in [0.1, 0.15) is 17.2 Å². The molecule has 2 heterocycles. The van der Waals surface area contributed by atoms with E-state index < -0.39 is 0 Å². The fourth-order valence-electron chi connectivity index (χ4n) is 2.24. The largest absolute Gasteiger partial charge is 0.360 e. The van der Waals surface area contributed by atoms with Gasteiger partial charge in [0.25, 0.3) is 0 Å². The Kier molecular flexibility index (Phi) is 3.84. The molecule has 0 saturated heterocycles. The number of benzene rings is 1. The maximum absolute atomic E-state index is 4.49. The monoisotopic (exact) mass is 298 g/mol. The second-order valence-electron chi connectivity index (χ2n) is 5.13. The number of hydrogen-bond acceptors (Lipinski definition) is 5. The summed E-state index contributed by atoms with van der Waals surface area (Å²) >= 11 is 1.75. The molecular formula is C16H18N4S. The van der Waals surface area contributed by atoms with Crippen LogP contribution in [0.5, 0.6) is 0 Å². The Bertz CT molecular complexity index is 766. The highest BCUT2D eigenvalue weighted by Gasteiger charge is 2.12. The van der Waals surface area contributed by atoms with Crippen molar-refractivity contribution >= 4 is 28.1 Å². The van der Waals surface area contributed by atoms with Gasteiger partial charge in [-0.25, -0.2) is 15.0 Å². The van der Waals surface area contributed by atoms with E-state index in [0.717, 1.165) is 28.1 Å². The fraction of sp³-hybridized carbons (Fsp3) is 0.312. The van der Waals surface area contributed by atoms with Crippen LogP contribution in [0.3, 0.4) is 0 Å². The van der Waals surface area contributed by atoms with E-state index >= 15 is 0 Å². The zero-order valence-electron chi connectivity index (χ0n) is 12.4. The second kappa shape index (κ2) is 5.77. The van der Waals surface area contributed by atoms with Gasteiger partial charge in [-0.3, -0.25) is 0 Å². The average molecular weight is 298 g/mol. The predicted molar refractivity (Wildman–Crippen MR) is 87.8 cm³/mol. The lowest BCUT2D eigenvalue weighted by molar-refractivity contribution is 0.861. The summed E-state index contributed by atoms with van der Waals surface area (Å²) in [5, 5.41) is 5.60. The molecule has 2 aromatic heterocycles. The molecule has 3 aromatic rings. The number of thiazole rings is 1. The van der Waals surface area contributed by atoms with Crippen LogP contribution in [0.4, 0.5) is 5.82 Å². The van der Waals surface area contributed by atoms with Crippen molar-refractivity contribution in [2.75, 3.05) is 5.32 Å². The van der Waals surface area contributed by atoms with Crippen molar-refractivity contribution in [2.45, 2.75) is 33.2 Å². The summed E-state index contributed by atoms with van der Waals surface area (Å²) in [7, 11) is 0. The van der Waals surface area contributed by atoms with Gasteiger partial charge in [0.2, 0.25) is 0 Å². The van der Waals surface area contributed by atoms with Gasteiger partial charge in [-0.2, -0.15) is 0 Å². The van der Waals surface area contributed by atoms with Gasteiger partial charge in [-0.1, -0.05) is 18.6 Å². The molecule has 0 aliphatic heterocycles. The van der Waals surface area contributed by atoms with Gasteiger partial charge in [0, 0.05) is 16.5 Å². The first-order valence-electron chi connectivity index (χ1n) is 7.10. The Morgan fingerprint density at radius 3 is 2.86 bits per heavy atom. The topological polar surface area (TPSA) is 50.7 Å².